The minimum Gasteiger partial charge on any atom is -0.304 e. The number of rotatable bonds is 6. The predicted octanol–water partition coefficient (Wildman–Crippen LogP) is 3.70. The van der Waals surface area contributed by atoms with Crippen LogP contribution in [0.25, 0.3) is 0 Å². The quantitative estimate of drug-likeness (QED) is 0.855. The van der Waals surface area contributed by atoms with E-state index < -0.39 is 0 Å². The van der Waals surface area contributed by atoms with Gasteiger partial charge in [0.15, 0.2) is 0 Å². The molecule has 1 aromatic heterocycles. The molecule has 0 saturated carbocycles. The SMILES string of the molecule is CCC(C)n1ccc(CN[C@@H](C)c2ccccc2)n1. The predicted molar refractivity (Wildman–Crippen MR) is 78.9 cm³/mol. The van der Waals surface area contributed by atoms with Crippen molar-refractivity contribution >= 4 is 0 Å². The fourth-order valence-electron chi connectivity index (χ4n) is 2.02. The molecule has 2 rings (SSSR count). The number of hydrogen-bond acceptors (Lipinski definition) is 2. The second-order valence-electron chi connectivity index (χ2n) is 5.06. The van der Waals surface area contributed by atoms with Gasteiger partial charge in [-0.15, -0.1) is 0 Å². The second-order valence-corrected chi connectivity index (χ2v) is 5.06. The van der Waals surface area contributed by atoms with E-state index in [1.807, 2.05) is 10.7 Å². The van der Waals surface area contributed by atoms with E-state index in [1.165, 1.54) is 5.56 Å². The average Bonchev–Trinajstić information content (AvgIpc) is 2.93. The van der Waals surface area contributed by atoms with E-state index in [9.17, 15) is 0 Å². The average molecular weight is 257 g/mol. The van der Waals surface area contributed by atoms with Crippen LogP contribution in [0.1, 0.15) is 50.5 Å². The van der Waals surface area contributed by atoms with Crippen LogP contribution in [0.5, 0.6) is 0 Å². The third-order valence-corrected chi connectivity index (χ3v) is 3.59. The van der Waals surface area contributed by atoms with Crippen molar-refractivity contribution in [3.05, 3.63) is 53.9 Å². The summed E-state index contributed by atoms with van der Waals surface area (Å²) in [6.45, 7) is 7.36. The van der Waals surface area contributed by atoms with Gasteiger partial charge in [-0.25, -0.2) is 0 Å². The molecule has 1 N–H and O–H groups in total. The third-order valence-electron chi connectivity index (χ3n) is 3.59. The van der Waals surface area contributed by atoms with Gasteiger partial charge in [-0.3, -0.25) is 4.68 Å². The minimum absolute atomic E-state index is 0.343. The third kappa shape index (κ3) is 3.67. The Kier molecular flexibility index (Phi) is 4.74. The van der Waals surface area contributed by atoms with Gasteiger partial charge in [-0.1, -0.05) is 37.3 Å². The maximum atomic E-state index is 4.60. The molecule has 19 heavy (non-hydrogen) atoms. The summed E-state index contributed by atoms with van der Waals surface area (Å²) >= 11 is 0. The Labute approximate surface area is 115 Å². The van der Waals surface area contributed by atoms with Crippen molar-refractivity contribution < 1.29 is 0 Å². The molecule has 0 bridgehead atoms. The lowest BCUT2D eigenvalue weighted by Crippen LogP contribution is -2.18. The molecule has 3 heteroatoms. The van der Waals surface area contributed by atoms with Crippen LogP contribution < -0.4 is 5.32 Å². The van der Waals surface area contributed by atoms with Gasteiger partial charge in [0, 0.05) is 24.8 Å². The molecule has 1 unspecified atom stereocenters. The molecule has 2 atom stereocenters. The largest absolute Gasteiger partial charge is 0.304 e. The molecule has 0 aliphatic carbocycles. The van der Waals surface area contributed by atoms with Gasteiger partial charge in [-0.2, -0.15) is 5.10 Å². The molecule has 1 aromatic carbocycles. The smallest absolute Gasteiger partial charge is 0.0762 e. The molecule has 3 nitrogen and oxygen atoms in total. The molecule has 1 heterocycles. The first-order valence-corrected chi connectivity index (χ1v) is 7.03. The minimum atomic E-state index is 0.343. The number of hydrogen-bond donors (Lipinski definition) is 1. The Bertz CT molecular complexity index is 490. The zero-order valence-corrected chi connectivity index (χ0v) is 12.0. The fraction of sp³-hybridized carbons (Fsp3) is 0.438. The summed E-state index contributed by atoms with van der Waals surface area (Å²) in [4.78, 5) is 0. The van der Waals surface area contributed by atoms with E-state index >= 15 is 0 Å². The summed E-state index contributed by atoms with van der Waals surface area (Å²) in [6.07, 6.45) is 3.17. The highest BCUT2D eigenvalue weighted by atomic mass is 15.3. The molecule has 0 saturated heterocycles. The van der Waals surface area contributed by atoms with Crippen LogP contribution in [0.3, 0.4) is 0 Å². The van der Waals surface area contributed by atoms with Crippen molar-refractivity contribution in [1.82, 2.24) is 15.1 Å². The second kappa shape index (κ2) is 6.53. The summed E-state index contributed by atoms with van der Waals surface area (Å²) in [5.74, 6) is 0. The molecule has 0 aliphatic rings. The molecule has 0 fully saturated rings. The van der Waals surface area contributed by atoms with E-state index in [0.29, 0.717) is 12.1 Å². The normalized spacial score (nSPS) is 14.3. The Morgan fingerprint density at radius 1 is 1.16 bits per heavy atom. The summed E-state index contributed by atoms with van der Waals surface area (Å²) < 4.78 is 2.05. The van der Waals surface area contributed by atoms with E-state index in [0.717, 1.165) is 18.7 Å². The summed E-state index contributed by atoms with van der Waals surface area (Å²) in [6, 6.07) is 13.4. The molecule has 102 valence electrons. The van der Waals surface area contributed by atoms with Crippen LogP contribution in [-0.2, 0) is 6.54 Å². The van der Waals surface area contributed by atoms with Crippen molar-refractivity contribution in [2.24, 2.45) is 0 Å². The Hall–Kier alpha value is -1.61. The molecular formula is C16H23N3. The van der Waals surface area contributed by atoms with Crippen LogP contribution >= 0.6 is 0 Å². The zero-order chi connectivity index (χ0) is 13.7. The van der Waals surface area contributed by atoms with E-state index in [-0.39, 0.29) is 0 Å². The van der Waals surface area contributed by atoms with Crippen molar-refractivity contribution in [2.45, 2.75) is 45.8 Å². The molecule has 0 radical (unpaired) electrons. The monoisotopic (exact) mass is 257 g/mol. The Morgan fingerprint density at radius 2 is 1.89 bits per heavy atom. The van der Waals surface area contributed by atoms with E-state index in [1.54, 1.807) is 0 Å². The van der Waals surface area contributed by atoms with Gasteiger partial charge >= 0.3 is 0 Å². The van der Waals surface area contributed by atoms with Crippen molar-refractivity contribution in [3.8, 4) is 0 Å². The van der Waals surface area contributed by atoms with Gasteiger partial charge in [0.05, 0.1) is 5.69 Å². The van der Waals surface area contributed by atoms with Gasteiger partial charge in [-0.05, 0) is 31.9 Å². The number of nitrogens with one attached hydrogen (secondary N) is 1. The lowest BCUT2D eigenvalue weighted by Gasteiger charge is -2.13. The summed E-state index contributed by atoms with van der Waals surface area (Å²) in [5, 5.41) is 8.11. The lowest BCUT2D eigenvalue weighted by atomic mass is 10.1. The van der Waals surface area contributed by atoms with E-state index in [2.05, 4.69) is 67.7 Å². The molecule has 0 aliphatic heterocycles. The standard InChI is InChI=1S/C16H23N3/c1-4-13(2)19-11-10-16(18-19)12-17-14(3)15-8-6-5-7-9-15/h5-11,13-14,17H,4,12H2,1-3H3/t13?,14-/m0/s1. The highest BCUT2D eigenvalue weighted by Gasteiger charge is 2.07. The van der Waals surface area contributed by atoms with Gasteiger partial charge in [0.1, 0.15) is 0 Å². The van der Waals surface area contributed by atoms with Gasteiger partial charge in [0.2, 0.25) is 0 Å². The maximum absolute atomic E-state index is 4.60. The van der Waals surface area contributed by atoms with Crippen LogP contribution in [0, 0.1) is 0 Å². The molecular weight excluding hydrogens is 234 g/mol. The lowest BCUT2D eigenvalue weighted by molar-refractivity contribution is 0.468. The molecule has 2 aromatic rings. The van der Waals surface area contributed by atoms with Crippen molar-refractivity contribution in [2.75, 3.05) is 0 Å². The van der Waals surface area contributed by atoms with Crippen molar-refractivity contribution in [3.63, 3.8) is 0 Å². The highest BCUT2D eigenvalue weighted by Crippen LogP contribution is 2.13. The summed E-state index contributed by atoms with van der Waals surface area (Å²) in [5.41, 5.74) is 2.41. The topological polar surface area (TPSA) is 29.9 Å². The van der Waals surface area contributed by atoms with Crippen LogP contribution in [0.2, 0.25) is 0 Å². The summed E-state index contributed by atoms with van der Waals surface area (Å²) in [7, 11) is 0. The first-order chi connectivity index (χ1) is 9.20. The number of aromatic nitrogens is 2. The van der Waals surface area contributed by atoms with Crippen LogP contribution in [0.15, 0.2) is 42.6 Å². The van der Waals surface area contributed by atoms with Crippen molar-refractivity contribution in [1.29, 1.82) is 0 Å². The maximum Gasteiger partial charge on any atom is 0.0762 e. The van der Waals surface area contributed by atoms with E-state index in [4.69, 9.17) is 0 Å². The molecule has 0 spiro atoms. The number of benzene rings is 1. The van der Waals surface area contributed by atoms with Gasteiger partial charge in [0.25, 0.3) is 0 Å². The Balaban J connectivity index is 1.90. The highest BCUT2D eigenvalue weighted by molar-refractivity contribution is 5.18. The first-order valence-electron chi connectivity index (χ1n) is 7.03. The van der Waals surface area contributed by atoms with Gasteiger partial charge < -0.3 is 5.32 Å². The van der Waals surface area contributed by atoms with Crippen LogP contribution in [0.4, 0.5) is 0 Å². The fourth-order valence-corrected chi connectivity index (χ4v) is 2.02. The zero-order valence-electron chi connectivity index (χ0n) is 12.0. The number of nitrogens with zero attached hydrogens (tertiary/aromatic N) is 2. The van der Waals surface area contributed by atoms with Crippen LogP contribution in [-0.4, -0.2) is 9.78 Å². The first kappa shape index (κ1) is 13.8. The molecule has 0 amide bonds. The Morgan fingerprint density at radius 3 is 2.58 bits per heavy atom.